The maximum absolute atomic E-state index is 12.9. The third kappa shape index (κ3) is 2.63. The van der Waals surface area contributed by atoms with Crippen molar-refractivity contribution in [2.75, 3.05) is 0 Å². The van der Waals surface area contributed by atoms with E-state index in [9.17, 15) is 9.59 Å². The van der Waals surface area contributed by atoms with Crippen LogP contribution in [-0.2, 0) is 16.9 Å². The molecule has 1 spiro atoms. The van der Waals surface area contributed by atoms with Gasteiger partial charge in [0.15, 0.2) is 5.82 Å². The van der Waals surface area contributed by atoms with Gasteiger partial charge in [-0.2, -0.15) is 4.98 Å². The molecule has 0 radical (unpaired) electrons. The number of carbonyl (C=O) groups excluding carboxylic acids is 2. The summed E-state index contributed by atoms with van der Waals surface area (Å²) in [6, 6.07) is -0.370. The normalized spacial score (nSPS) is 31.3. The standard InChI is InChI=1S/C17H25N5O3/c1-2-11-4-8-17(9-5-11)14(23)22(15(24)20-17)10-12-19-13(21-25-12)16(18)6-3-7-16/h11H,2-10,18H2,1H3,(H,20,24). The summed E-state index contributed by atoms with van der Waals surface area (Å²) in [4.78, 5) is 30.8. The molecular weight excluding hydrogens is 322 g/mol. The van der Waals surface area contributed by atoms with Crippen LogP contribution in [0.1, 0.15) is 70.0 Å². The first-order valence-corrected chi connectivity index (χ1v) is 9.22. The summed E-state index contributed by atoms with van der Waals surface area (Å²) in [6.45, 7) is 2.18. The van der Waals surface area contributed by atoms with Gasteiger partial charge in [0.25, 0.3) is 5.91 Å². The minimum atomic E-state index is -0.741. The molecule has 136 valence electrons. The van der Waals surface area contributed by atoms with E-state index in [1.807, 2.05) is 0 Å². The number of nitrogens with one attached hydrogen (secondary N) is 1. The van der Waals surface area contributed by atoms with Gasteiger partial charge in [-0.1, -0.05) is 18.5 Å². The zero-order valence-electron chi connectivity index (χ0n) is 14.6. The number of nitrogens with zero attached hydrogens (tertiary/aromatic N) is 3. The topological polar surface area (TPSA) is 114 Å². The number of nitrogens with two attached hydrogens (primary N) is 1. The van der Waals surface area contributed by atoms with Gasteiger partial charge in [-0.05, 0) is 50.9 Å². The van der Waals surface area contributed by atoms with Crippen LogP contribution in [0.25, 0.3) is 0 Å². The molecule has 0 atom stereocenters. The molecule has 0 aromatic carbocycles. The van der Waals surface area contributed by atoms with Crippen molar-refractivity contribution < 1.29 is 14.1 Å². The lowest BCUT2D eigenvalue weighted by atomic mass is 9.75. The fraction of sp³-hybridized carbons (Fsp3) is 0.765. The van der Waals surface area contributed by atoms with Crippen LogP contribution < -0.4 is 11.1 Å². The summed E-state index contributed by atoms with van der Waals surface area (Å²) >= 11 is 0. The summed E-state index contributed by atoms with van der Waals surface area (Å²) in [5, 5.41) is 6.86. The molecule has 8 heteroatoms. The van der Waals surface area contributed by atoms with Crippen molar-refractivity contribution in [1.82, 2.24) is 20.4 Å². The van der Waals surface area contributed by atoms with E-state index in [1.54, 1.807) is 0 Å². The molecule has 8 nitrogen and oxygen atoms in total. The Kier molecular flexibility index (Phi) is 3.82. The van der Waals surface area contributed by atoms with Gasteiger partial charge in [0.2, 0.25) is 5.89 Å². The Morgan fingerprint density at radius 3 is 2.60 bits per heavy atom. The Balaban J connectivity index is 1.46. The zero-order valence-corrected chi connectivity index (χ0v) is 14.6. The second-order valence-electron chi connectivity index (χ2n) is 7.78. The molecule has 3 N–H and O–H groups in total. The van der Waals surface area contributed by atoms with Gasteiger partial charge in [-0.3, -0.25) is 9.69 Å². The van der Waals surface area contributed by atoms with Crippen LogP contribution in [0.15, 0.2) is 4.52 Å². The van der Waals surface area contributed by atoms with Crippen molar-refractivity contribution in [2.24, 2.45) is 11.7 Å². The highest BCUT2D eigenvalue weighted by molar-refractivity contribution is 6.06. The van der Waals surface area contributed by atoms with E-state index in [-0.39, 0.29) is 24.4 Å². The van der Waals surface area contributed by atoms with Gasteiger partial charge in [0.05, 0.1) is 5.54 Å². The first-order chi connectivity index (χ1) is 12.0. The summed E-state index contributed by atoms with van der Waals surface area (Å²) in [6.07, 6.45) is 7.17. The number of urea groups is 1. The minimum absolute atomic E-state index is 0.00665. The van der Waals surface area contributed by atoms with Crippen molar-refractivity contribution in [2.45, 2.75) is 75.9 Å². The van der Waals surface area contributed by atoms with Gasteiger partial charge in [-0.15, -0.1) is 0 Å². The lowest BCUT2D eigenvalue weighted by Crippen LogP contribution is -2.49. The number of aromatic nitrogens is 2. The maximum atomic E-state index is 12.9. The van der Waals surface area contributed by atoms with E-state index in [1.165, 1.54) is 4.90 Å². The molecule has 1 aromatic heterocycles. The largest absolute Gasteiger partial charge is 0.337 e. The summed E-state index contributed by atoms with van der Waals surface area (Å²) in [5.41, 5.74) is 4.94. The number of hydrogen-bond acceptors (Lipinski definition) is 6. The molecular formula is C17H25N5O3. The summed E-state index contributed by atoms with van der Waals surface area (Å²) in [5.74, 6) is 1.21. The highest BCUT2D eigenvalue weighted by Gasteiger charge is 2.52. The smallest absolute Gasteiger partial charge is 0.325 e. The van der Waals surface area contributed by atoms with Crippen molar-refractivity contribution in [3.05, 3.63) is 11.7 Å². The molecule has 2 heterocycles. The van der Waals surface area contributed by atoms with E-state index < -0.39 is 11.1 Å². The van der Waals surface area contributed by atoms with Crippen LogP contribution in [0.3, 0.4) is 0 Å². The Labute approximate surface area is 146 Å². The molecule has 3 aliphatic rings. The molecule has 1 aliphatic heterocycles. The zero-order chi connectivity index (χ0) is 17.7. The Morgan fingerprint density at radius 1 is 1.28 bits per heavy atom. The predicted octanol–water partition coefficient (Wildman–Crippen LogP) is 1.80. The molecule has 1 saturated heterocycles. The second-order valence-corrected chi connectivity index (χ2v) is 7.78. The predicted molar refractivity (Wildman–Crippen MR) is 88.1 cm³/mol. The van der Waals surface area contributed by atoms with Gasteiger partial charge in [0.1, 0.15) is 12.1 Å². The Bertz CT molecular complexity index is 688. The number of imide groups is 1. The van der Waals surface area contributed by atoms with Crippen LogP contribution in [0.5, 0.6) is 0 Å². The lowest BCUT2D eigenvalue weighted by molar-refractivity contribution is -0.133. The van der Waals surface area contributed by atoms with Crippen molar-refractivity contribution in [3.63, 3.8) is 0 Å². The van der Waals surface area contributed by atoms with E-state index in [2.05, 4.69) is 22.4 Å². The van der Waals surface area contributed by atoms with Crippen LogP contribution in [0.4, 0.5) is 4.79 Å². The maximum Gasteiger partial charge on any atom is 0.325 e. The number of hydrogen-bond donors (Lipinski definition) is 2. The Hall–Kier alpha value is -1.96. The fourth-order valence-electron chi connectivity index (χ4n) is 4.18. The first kappa shape index (κ1) is 16.5. The van der Waals surface area contributed by atoms with E-state index in [4.69, 9.17) is 10.3 Å². The quantitative estimate of drug-likeness (QED) is 0.803. The third-order valence-corrected chi connectivity index (χ3v) is 6.23. The molecule has 2 aliphatic carbocycles. The molecule has 3 amide bonds. The summed E-state index contributed by atoms with van der Waals surface area (Å²) in [7, 11) is 0. The van der Waals surface area contributed by atoms with Crippen molar-refractivity contribution in [3.8, 4) is 0 Å². The fourth-order valence-corrected chi connectivity index (χ4v) is 4.18. The minimum Gasteiger partial charge on any atom is -0.337 e. The monoisotopic (exact) mass is 347 g/mol. The molecule has 4 rings (SSSR count). The number of carbonyl (C=O) groups is 2. The molecule has 2 saturated carbocycles. The number of rotatable bonds is 4. The van der Waals surface area contributed by atoms with Crippen LogP contribution in [0.2, 0.25) is 0 Å². The van der Waals surface area contributed by atoms with Crippen molar-refractivity contribution >= 4 is 11.9 Å². The van der Waals surface area contributed by atoms with E-state index >= 15 is 0 Å². The average molecular weight is 347 g/mol. The Morgan fingerprint density at radius 2 is 2.00 bits per heavy atom. The van der Waals surface area contributed by atoms with Gasteiger partial charge < -0.3 is 15.6 Å². The number of amides is 3. The van der Waals surface area contributed by atoms with E-state index in [0.717, 1.165) is 38.5 Å². The third-order valence-electron chi connectivity index (χ3n) is 6.23. The summed E-state index contributed by atoms with van der Waals surface area (Å²) < 4.78 is 5.24. The molecule has 0 unspecified atom stereocenters. The lowest BCUT2D eigenvalue weighted by Gasteiger charge is -2.34. The van der Waals surface area contributed by atoms with Crippen LogP contribution in [-0.4, -0.2) is 32.5 Å². The van der Waals surface area contributed by atoms with Gasteiger partial charge >= 0.3 is 6.03 Å². The van der Waals surface area contributed by atoms with E-state index in [0.29, 0.717) is 24.6 Å². The highest BCUT2D eigenvalue weighted by Crippen LogP contribution is 2.39. The molecule has 1 aromatic rings. The van der Waals surface area contributed by atoms with Crippen molar-refractivity contribution in [1.29, 1.82) is 0 Å². The van der Waals surface area contributed by atoms with Crippen LogP contribution in [0, 0.1) is 5.92 Å². The SMILES string of the molecule is CCC1CCC2(CC1)NC(=O)N(Cc1nc(C3(N)CCC3)no1)C2=O. The molecule has 3 fully saturated rings. The second kappa shape index (κ2) is 5.79. The van der Waals surface area contributed by atoms with Gasteiger partial charge in [-0.25, -0.2) is 4.79 Å². The van der Waals surface area contributed by atoms with Crippen LogP contribution >= 0.6 is 0 Å². The first-order valence-electron chi connectivity index (χ1n) is 9.22. The molecule has 25 heavy (non-hydrogen) atoms. The van der Waals surface area contributed by atoms with Gasteiger partial charge in [0, 0.05) is 0 Å². The molecule has 0 bridgehead atoms. The average Bonchev–Trinajstić information content (AvgIpc) is 3.13. The highest BCUT2D eigenvalue weighted by atomic mass is 16.5.